The SMILES string of the molecule is O=C(O)CCn1cc(S(=O)(=O)N2CC(O)(C3CC3)C2)cn1. The monoisotopic (exact) mass is 315 g/mol. The van der Waals surface area contributed by atoms with E-state index in [2.05, 4.69) is 5.10 Å². The Morgan fingerprint density at radius 2 is 2.10 bits per heavy atom. The minimum atomic E-state index is -3.65. The summed E-state index contributed by atoms with van der Waals surface area (Å²) in [7, 11) is -3.65. The molecule has 116 valence electrons. The van der Waals surface area contributed by atoms with E-state index < -0.39 is 21.6 Å². The average molecular weight is 315 g/mol. The summed E-state index contributed by atoms with van der Waals surface area (Å²) in [4.78, 5) is 10.5. The molecule has 0 amide bonds. The van der Waals surface area contributed by atoms with Crippen molar-refractivity contribution in [1.29, 1.82) is 0 Å². The smallest absolute Gasteiger partial charge is 0.305 e. The van der Waals surface area contributed by atoms with Crippen LogP contribution in [0.4, 0.5) is 0 Å². The highest BCUT2D eigenvalue weighted by molar-refractivity contribution is 7.89. The third-order valence-corrected chi connectivity index (χ3v) is 5.78. The molecule has 1 saturated heterocycles. The van der Waals surface area contributed by atoms with Gasteiger partial charge in [-0.15, -0.1) is 0 Å². The summed E-state index contributed by atoms with van der Waals surface area (Å²) in [5.74, 6) is -0.741. The third-order valence-electron chi connectivity index (χ3n) is 4.04. The van der Waals surface area contributed by atoms with Crippen molar-refractivity contribution in [3.05, 3.63) is 12.4 Å². The molecule has 1 aromatic rings. The van der Waals surface area contributed by atoms with E-state index in [0.717, 1.165) is 12.8 Å². The number of carboxylic acid groups (broad SMARTS) is 1. The van der Waals surface area contributed by atoms with Crippen LogP contribution in [-0.2, 0) is 21.4 Å². The molecule has 21 heavy (non-hydrogen) atoms. The number of aromatic nitrogens is 2. The second-order valence-corrected chi connectivity index (χ2v) is 7.67. The molecule has 1 saturated carbocycles. The van der Waals surface area contributed by atoms with Crippen LogP contribution in [0.3, 0.4) is 0 Å². The molecular formula is C12H17N3O5S. The maximum absolute atomic E-state index is 12.3. The van der Waals surface area contributed by atoms with Gasteiger partial charge in [-0.1, -0.05) is 0 Å². The number of sulfonamides is 1. The lowest BCUT2D eigenvalue weighted by Gasteiger charge is -2.45. The predicted molar refractivity (Wildman–Crippen MR) is 70.9 cm³/mol. The zero-order chi connectivity index (χ0) is 15.3. The molecule has 0 bridgehead atoms. The van der Waals surface area contributed by atoms with Crippen LogP contribution in [0, 0.1) is 5.92 Å². The van der Waals surface area contributed by atoms with Gasteiger partial charge in [0.2, 0.25) is 10.0 Å². The number of hydrogen-bond donors (Lipinski definition) is 2. The first-order valence-corrected chi connectivity index (χ1v) is 8.22. The number of carbonyl (C=O) groups is 1. The highest BCUT2D eigenvalue weighted by atomic mass is 32.2. The number of β-amino-alcohol motifs (C(OH)–C–C–N with tert-alkyl or cyclic N) is 1. The van der Waals surface area contributed by atoms with Crippen molar-refractivity contribution in [2.45, 2.75) is 36.3 Å². The minimum Gasteiger partial charge on any atom is -0.481 e. The molecule has 0 radical (unpaired) electrons. The van der Waals surface area contributed by atoms with E-state index in [-0.39, 0.29) is 36.9 Å². The van der Waals surface area contributed by atoms with Gasteiger partial charge in [0.25, 0.3) is 0 Å². The lowest BCUT2D eigenvalue weighted by molar-refractivity contribution is -0.137. The van der Waals surface area contributed by atoms with Crippen molar-refractivity contribution in [1.82, 2.24) is 14.1 Å². The van der Waals surface area contributed by atoms with E-state index in [4.69, 9.17) is 5.11 Å². The van der Waals surface area contributed by atoms with Gasteiger partial charge in [-0.2, -0.15) is 9.40 Å². The number of aryl methyl sites for hydroxylation is 1. The second kappa shape index (κ2) is 4.79. The molecule has 1 aromatic heterocycles. The number of aliphatic carboxylic acids is 1. The van der Waals surface area contributed by atoms with Gasteiger partial charge < -0.3 is 10.2 Å². The number of aliphatic hydroxyl groups is 1. The first-order valence-electron chi connectivity index (χ1n) is 6.78. The van der Waals surface area contributed by atoms with Gasteiger partial charge in [-0.05, 0) is 18.8 Å². The topological polar surface area (TPSA) is 113 Å². The Balaban J connectivity index is 1.67. The van der Waals surface area contributed by atoms with Crippen LogP contribution in [-0.4, -0.2) is 57.4 Å². The molecule has 0 atom stereocenters. The standard InChI is InChI=1S/C12H17N3O5S/c16-11(17)3-4-14-6-10(5-13-14)21(19,20)15-7-12(18,8-15)9-1-2-9/h5-6,9,18H,1-4,7-8H2,(H,16,17). The van der Waals surface area contributed by atoms with E-state index in [0.29, 0.717) is 0 Å². The quantitative estimate of drug-likeness (QED) is 0.732. The molecule has 2 aliphatic rings. The normalized spacial score (nSPS) is 22.0. The summed E-state index contributed by atoms with van der Waals surface area (Å²) >= 11 is 0. The van der Waals surface area contributed by atoms with E-state index in [1.165, 1.54) is 21.4 Å². The van der Waals surface area contributed by atoms with Crippen LogP contribution in [0.25, 0.3) is 0 Å². The van der Waals surface area contributed by atoms with Gasteiger partial charge in [0, 0.05) is 19.3 Å². The molecule has 8 nitrogen and oxygen atoms in total. The maximum Gasteiger partial charge on any atom is 0.305 e. The lowest BCUT2D eigenvalue weighted by Crippen LogP contribution is -2.64. The molecular weight excluding hydrogens is 298 g/mol. The van der Waals surface area contributed by atoms with Crippen molar-refractivity contribution >= 4 is 16.0 Å². The van der Waals surface area contributed by atoms with Crippen LogP contribution in [0.1, 0.15) is 19.3 Å². The summed E-state index contributed by atoms with van der Waals surface area (Å²) in [5, 5.41) is 22.6. The van der Waals surface area contributed by atoms with Crippen molar-refractivity contribution in [2.24, 2.45) is 5.92 Å². The van der Waals surface area contributed by atoms with Gasteiger partial charge >= 0.3 is 5.97 Å². The number of carboxylic acids is 1. The first-order chi connectivity index (χ1) is 9.81. The Kier molecular flexibility index (Phi) is 3.30. The van der Waals surface area contributed by atoms with Crippen LogP contribution in [0.5, 0.6) is 0 Å². The molecule has 0 aromatic carbocycles. The number of nitrogens with zero attached hydrogens (tertiary/aromatic N) is 3. The molecule has 1 aliphatic carbocycles. The van der Waals surface area contributed by atoms with E-state index in [1.54, 1.807) is 0 Å². The van der Waals surface area contributed by atoms with Crippen molar-refractivity contribution < 1.29 is 23.4 Å². The minimum absolute atomic E-state index is 0.0331. The molecule has 2 heterocycles. The molecule has 9 heteroatoms. The summed E-state index contributed by atoms with van der Waals surface area (Å²) in [6.07, 6.45) is 4.33. The molecule has 2 N–H and O–H groups in total. The van der Waals surface area contributed by atoms with Crippen molar-refractivity contribution in [3.8, 4) is 0 Å². The van der Waals surface area contributed by atoms with Gasteiger partial charge in [0.15, 0.2) is 0 Å². The summed E-state index contributed by atoms with van der Waals surface area (Å²) in [5.41, 5.74) is -0.869. The Morgan fingerprint density at radius 3 is 2.67 bits per heavy atom. The molecule has 0 spiro atoms. The molecule has 2 fully saturated rings. The Morgan fingerprint density at radius 1 is 1.43 bits per heavy atom. The number of hydrogen-bond acceptors (Lipinski definition) is 5. The Labute approximate surface area is 122 Å². The molecule has 1 aliphatic heterocycles. The Hall–Kier alpha value is -1.45. The summed E-state index contributed by atoms with van der Waals surface area (Å²) in [6, 6.07) is 0. The van der Waals surface area contributed by atoms with E-state index in [1.807, 2.05) is 0 Å². The van der Waals surface area contributed by atoms with Gasteiger partial charge in [-0.25, -0.2) is 8.42 Å². The highest BCUT2D eigenvalue weighted by Gasteiger charge is 2.55. The van der Waals surface area contributed by atoms with Crippen LogP contribution in [0.15, 0.2) is 17.3 Å². The van der Waals surface area contributed by atoms with Crippen LogP contribution >= 0.6 is 0 Å². The van der Waals surface area contributed by atoms with Gasteiger partial charge in [0.1, 0.15) is 4.90 Å². The van der Waals surface area contributed by atoms with Crippen LogP contribution < -0.4 is 0 Å². The molecule has 0 unspecified atom stereocenters. The summed E-state index contributed by atoms with van der Waals surface area (Å²) < 4.78 is 27.2. The zero-order valence-corrected chi connectivity index (χ0v) is 12.2. The lowest BCUT2D eigenvalue weighted by atomic mass is 9.91. The maximum atomic E-state index is 12.3. The highest BCUT2D eigenvalue weighted by Crippen LogP contribution is 2.45. The van der Waals surface area contributed by atoms with Crippen molar-refractivity contribution in [3.63, 3.8) is 0 Å². The fraction of sp³-hybridized carbons (Fsp3) is 0.667. The van der Waals surface area contributed by atoms with Crippen LogP contribution in [0.2, 0.25) is 0 Å². The molecule has 3 rings (SSSR count). The summed E-state index contributed by atoms with van der Waals surface area (Å²) in [6.45, 7) is 0.372. The number of rotatable bonds is 6. The van der Waals surface area contributed by atoms with Gasteiger partial charge in [0.05, 0.1) is 24.8 Å². The fourth-order valence-corrected chi connectivity index (χ4v) is 4.09. The van der Waals surface area contributed by atoms with E-state index >= 15 is 0 Å². The average Bonchev–Trinajstić information content (AvgIpc) is 3.11. The predicted octanol–water partition coefficient (Wildman–Crippen LogP) is -0.497. The van der Waals surface area contributed by atoms with E-state index in [9.17, 15) is 18.3 Å². The second-order valence-electron chi connectivity index (χ2n) is 5.73. The van der Waals surface area contributed by atoms with Crippen molar-refractivity contribution in [2.75, 3.05) is 13.1 Å². The fourth-order valence-electron chi connectivity index (χ4n) is 2.57. The largest absolute Gasteiger partial charge is 0.481 e. The Bertz CT molecular complexity index is 658. The zero-order valence-electron chi connectivity index (χ0n) is 11.3. The third kappa shape index (κ3) is 2.68. The first kappa shape index (κ1) is 14.5. The van der Waals surface area contributed by atoms with Gasteiger partial charge in [-0.3, -0.25) is 9.48 Å².